The Morgan fingerprint density at radius 3 is 2.00 bits per heavy atom. The molecule has 1 radical (unpaired) electrons. The van der Waals surface area contributed by atoms with Gasteiger partial charge in [-0.25, -0.2) is 0 Å². The fraction of sp³-hybridized carbons (Fsp3) is 0. The van der Waals surface area contributed by atoms with Gasteiger partial charge >= 0.3 is 0 Å². The van der Waals surface area contributed by atoms with Crippen molar-refractivity contribution in [3.05, 3.63) is 21.2 Å². The Balaban J connectivity index is 3.79. The average Bonchev–Trinajstić information content (AvgIpc) is 2.20. The molecule has 0 saturated heterocycles. The van der Waals surface area contributed by atoms with Crippen molar-refractivity contribution in [3.63, 3.8) is 0 Å². The Hall–Kier alpha value is -1.62. The van der Waals surface area contributed by atoms with Gasteiger partial charge in [0, 0.05) is 0 Å². The van der Waals surface area contributed by atoms with Gasteiger partial charge in [-0.15, -0.1) is 0 Å². The number of nitriles is 2. The molecule has 0 saturated carbocycles. The van der Waals surface area contributed by atoms with Crippen LogP contribution in [0.4, 0.5) is 0 Å². The molecule has 0 aliphatic rings. The van der Waals surface area contributed by atoms with E-state index in [0.29, 0.717) is 0 Å². The molecule has 1 aromatic rings. The highest BCUT2D eigenvalue weighted by atomic mass is 35.5. The zero-order valence-corrected chi connectivity index (χ0v) is 8.02. The monoisotopic (exact) mass is 227 g/mol. The van der Waals surface area contributed by atoms with Gasteiger partial charge in [-0.3, -0.25) is 5.11 Å². The summed E-state index contributed by atoms with van der Waals surface area (Å²) in [5, 5.41) is 36.8. The van der Waals surface area contributed by atoms with Crippen LogP contribution in [-0.4, -0.2) is 5.11 Å². The zero-order chi connectivity index (χ0) is 10.9. The second-order valence-electron chi connectivity index (χ2n) is 2.28. The molecular formula is C8HCl2N2O2. The summed E-state index contributed by atoms with van der Waals surface area (Å²) < 4.78 is 0. The number of benzene rings is 1. The van der Waals surface area contributed by atoms with Crippen LogP contribution in [0.1, 0.15) is 11.1 Å². The third-order valence-corrected chi connectivity index (χ3v) is 2.36. The molecule has 6 heteroatoms. The summed E-state index contributed by atoms with van der Waals surface area (Å²) in [6.45, 7) is 0. The predicted molar refractivity (Wildman–Crippen MR) is 47.7 cm³/mol. The van der Waals surface area contributed by atoms with E-state index in [2.05, 4.69) is 0 Å². The van der Waals surface area contributed by atoms with Crippen molar-refractivity contribution in [2.24, 2.45) is 0 Å². The van der Waals surface area contributed by atoms with Gasteiger partial charge < -0.3 is 5.11 Å². The molecule has 14 heavy (non-hydrogen) atoms. The fourth-order valence-corrected chi connectivity index (χ4v) is 1.23. The molecule has 0 aliphatic heterocycles. The average molecular weight is 228 g/mol. The maximum Gasteiger partial charge on any atom is 0.218 e. The first-order valence-electron chi connectivity index (χ1n) is 3.25. The van der Waals surface area contributed by atoms with Gasteiger partial charge in [0.1, 0.15) is 33.3 Å². The molecule has 0 aliphatic carbocycles. The summed E-state index contributed by atoms with van der Waals surface area (Å²) in [4.78, 5) is 0. The van der Waals surface area contributed by atoms with E-state index >= 15 is 0 Å². The molecule has 1 N–H and O–H groups in total. The number of phenolic OH excluding ortho intramolecular Hbond substituents is 1. The molecule has 0 bridgehead atoms. The van der Waals surface area contributed by atoms with E-state index in [1.807, 2.05) is 0 Å². The molecule has 0 aromatic heterocycles. The highest BCUT2D eigenvalue weighted by Gasteiger charge is 2.22. The van der Waals surface area contributed by atoms with Crippen molar-refractivity contribution in [2.75, 3.05) is 0 Å². The lowest BCUT2D eigenvalue weighted by Crippen LogP contribution is -1.88. The minimum Gasteiger partial charge on any atom is -0.505 e. The van der Waals surface area contributed by atoms with E-state index in [9.17, 15) is 10.2 Å². The highest BCUT2D eigenvalue weighted by molar-refractivity contribution is 6.44. The number of halogens is 2. The number of hydrogen-bond donors (Lipinski definition) is 1. The van der Waals surface area contributed by atoms with Crippen molar-refractivity contribution in [1.82, 2.24) is 0 Å². The van der Waals surface area contributed by atoms with Crippen LogP contribution in [0.3, 0.4) is 0 Å². The number of aromatic hydroxyl groups is 1. The van der Waals surface area contributed by atoms with Crippen LogP contribution in [0.5, 0.6) is 11.5 Å². The van der Waals surface area contributed by atoms with Gasteiger partial charge in [-0.2, -0.15) is 10.5 Å². The number of phenols is 1. The minimum atomic E-state index is -0.853. The van der Waals surface area contributed by atoms with Crippen LogP contribution in [0.25, 0.3) is 0 Å². The molecule has 69 valence electrons. The Kier molecular flexibility index (Phi) is 2.71. The third kappa shape index (κ3) is 1.31. The molecule has 0 heterocycles. The zero-order valence-electron chi connectivity index (χ0n) is 6.51. The maximum atomic E-state index is 11.3. The Labute approximate surface area is 89.1 Å². The van der Waals surface area contributed by atoms with Gasteiger partial charge in [-0.1, -0.05) is 23.2 Å². The van der Waals surface area contributed by atoms with Crippen LogP contribution in [-0.2, 0) is 5.11 Å². The first-order chi connectivity index (χ1) is 6.54. The molecule has 0 fully saturated rings. The fourth-order valence-electron chi connectivity index (χ4n) is 0.871. The Bertz CT molecular complexity index is 441. The van der Waals surface area contributed by atoms with E-state index in [0.717, 1.165) is 0 Å². The topological polar surface area (TPSA) is 87.7 Å². The van der Waals surface area contributed by atoms with Gasteiger partial charge in [0.25, 0.3) is 0 Å². The SMILES string of the molecule is N#Cc1c([O])c(Cl)c(Cl)c(O)c1C#N. The Morgan fingerprint density at radius 2 is 1.57 bits per heavy atom. The van der Waals surface area contributed by atoms with Crippen LogP contribution in [0, 0.1) is 22.7 Å². The molecule has 1 rings (SSSR count). The molecular weight excluding hydrogens is 227 g/mol. The van der Waals surface area contributed by atoms with Crippen molar-refractivity contribution in [2.45, 2.75) is 0 Å². The molecule has 0 amide bonds. The second kappa shape index (κ2) is 3.63. The maximum absolute atomic E-state index is 11.3. The van der Waals surface area contributed by atoms with Crippen LogP contribution >= 0.6 is 23.2 Å². The summed E-state index contributed by atoms with van der Waals surface area (Å²) in [6.07, 6.45) is 0. The third-order valence-electron chi connectivity index (χ3n) is 1.54. The van der Waals surface area contributed by atoms with Crippen LogP contribution in [0.15, 0.2) is 0 Å². The largest absolute Gasteiger partial charge is 0.505 e. The standard InChI is InChI=1S/C8HCl2N2O2/c9-5-6(10)8(14)4(2-12)3(1-11)7(5)13/h13H. The number of hydrogen-bond acceptors (Lipinski definition) is 3. The number of rotatable bonds is 0. The van der Waals surface area contributed by atoms with E-state index in [1.54, 1.807) is 0 Å². The summed E-state index contributed by atoms with van der Waals surface area (Å²) in [5.41, 5.74) is -0.952. The lowest BCUT2D eigenvalue weighted by Gasteiger charge is -2.04. The van der Waals surface area contributed by atoms with Crippen LogP contribution < -0.4 is 0 Å². The normalized spacial score (nSPS) is 9.14. The van der Waals surface area contributed by atoms with Gasteiger partial charge in [0.15, 0.2) is 5.75 Å². The van der Waals surface area contributed by atoms with Crippen molar-refractivity contribution in [3.8, 4) is 23.6 Å². The van der Waals surface area contributed by atoms with Crippen molar-refractivity contribution >= 4 is 23.2 Å². The summed E-state index contributed by atoms with van der Waals surface area (Å²) in [7, 11) is 0. The second-order valence-corrected chi connectivity index (χ2v) is 3.04. The summed E-state index contributed by atoms with van der Waals surface area (Å²) in [5.74, 6) is -1.50. The quantitative estimate of drug-likeness (QED) is 0.739. The summed E-state index contributed by atoms with van der Waals surface area (Å²) >= 11 is 10.9. The van der Waals surface area contributed by atoms with E-state index in [1.165, 1.54) is 12.1 Å². The molecule has 0 unspecified atom stereocenters. The van der Waals surface area contributed by atoms with E-state index in [-0.39, 0.29) is 0 Å². The molecule has 0 atom stereocenters. The summed E-state index contributed by atoms with van der Waals surface area (Å²) in [6, 6.07) is 2.99. The lowest BCUT2D eigenvalue weighted by atomic mass is 10.1. The lowest BCUT2D eigenvalue weighted by molar-refractivity contribution is 0.352. The molecule has 4 nitrogen and oxygen atoms in total. The smallest absolute Gasteiger partial charge is 0.218 e. The van der Waals surface area contributed by atoms with Crippen LogP contribution in [0.2, 0.25) is 10.0 Å². The minimum absolute atomic E-state index is 0.410. The van der Waals surface area contributed by atoms with Gasteiger partial charge in [0.2, 0.25) is 5.75 Å². The van der Waals surface area contributed by atoms with E-state index in [4.69, 9.17) is 33.7 Å². The first kappa shape index (κ1) is 10.5. The van der Waals surface area contributed by atoms with Crippen molar-refractivity contribution < 1.29 is 10.2 Å². The number of nitrogens with zero attached hydrogens (tertiary/aromatic N) is 2. The molecule has 1 aromatic carbocycles. The Morgan fingerprint density at radius 1 is 1.07 bits per heavy atom. The predicted octanol–water partition coefficient (Wildman–Crippen LogP) is 2.59. The van der Waals surface area contributed by atoms with Gasteiger partial charge in [0.05, 0.1) is 0 Å². The van der Waals surface area contributed by atoms with E-state index < -0.39 is 32.7 Å². The van der Waals surface area contributed by atoms with Crippen molar-refractivity contribution in [1.29, 1.82) is 10.5 Å². The molecule has 0 spiro atoms. The van der Waals surface area contributed by atoms with Gasteiger partial charge in [-0.05, 0) is 0 Å². The first-order valence-corrected chi connectivity index (χ1v) is 4.01. The highest BCUT2D eigenvalue weighted by Crippen LogP contribution is 2.43.